The van der Waals surface area contributed by atoms with E-state index in [-0.39, 0.29) is 24.3 Å². The molecule has 0 radical (unpaired) electrons. The maximum absolute atomic E-state index is 12.6. The molecular formula is C19H25N2O3+. The lowest BCUT2D eigenvalue weighted by Crippen LogP contribution is -2.91. The van der Waals surface area contributed by atoms with Gasteiger partial charge in [0.2, 0.25) is 5.91 Å². The number of imide groups is 1. The van der Waals surface area contributed by atoms with Crippen molar-refractivity contribution in [1.29, 1.82) is 0 Å². The molecule has 1 saturated heterocycles. The Morgan fingerprint density at radius 2 is 2.00 bits per heavy atom. The molecule has 0 saturated carbocycles. The first-order valence-corrected chi connectivity index (χ1v) is 8.71. The molecule has 2 aliphatic rings. The number of allylic oxidation sites excluding steroid dienone is 1. The number of nitrogens with two attached hydrogens (primary N) is 1. The van der Waals surface area contributed by atoms with Crippen molar-refractivity contribution in [3.8, 4) is 5.75 Å². The third kappa shape index (κ3) is 3.67. The van der Waals surface area contributed by atoms with E-state index in [4.69, 9.17) is 4.74 Å². The molecule has 2 amide bonds. The summed E-state index contributed by atoms with van der Waals surface area (Å²) in [5.41, 5.74) is 2.12. The van der Waals surface area contributed by atoms with E-state index in [0.29, 0.717) is 11.4 Å². The predicted molar refractivity (Wildman–Crippen MR) is 91.9 cm³/mol. The number of benzene rings is 1. The van der Waals surface area contributed by atoms with Gasteiger partial charge in [-0.1, -0.05) is 11.6 Å². The van der Waals surface area contributed by atoms with Gasteiger partial charge in [0, 0.05) is 6.42 Å². The van der Waals surface area contributed by atoms with Gasteiger partial charge in [0.25, 0.3) is 5.91 Å². The Kier molecular flexibility index (Phi) is 5.30. The highest BCUT2D eigenvalue weighted by Gasteiger charge is 2.42. The van der Waals surface area contributed by atoms with E-state index in [1.165, 1.54) is 36.2 Å². The van der Waals surface area contributed by atoms with Crippen molar-refractivity contribution in [2.24, 2.45) is 0 Å². The summed E-state index contributed by atoms with van der Waals surface area (Å²) >= 11 is 0. The Balaban J connectivity index is 1.57. The van der Waals surface area contributed by atoms with Crippen molar-refractivity contribution in [1.82, 2.24) is 0 Å². The van der Waals surface area contributed by atoms with Gasteiger partial charge in [-0.2, -0.15) is 0 Å². The third-order valence-electron chi connectivity index (χ3n) is 4.81. The third-order valence-corrected chi connectivity index (χ3v) is 4.81. The van der Waals surface area contributed by atoms with E-state index in [2.05, 4.69) is 6.08 Å². The van der Waals surface area contributed by atoms with Crippen LogP contribution in [0.15, 0.2) is 35.9 Å². The van der Waals surface area contributed by atoms with Crippen LogP contribution in [-0.4, -0.2) is 31.5 Å². The second kappa shape index (κ2) is 7.62. The van der Waals surface area contributed by atoms with Crippen molar-refractivity contribution < 1.29 is 19.6 Å². The van der Waals surface area contributed by atoms with Crippen LogP contribution in [0, 0.1) is 0 Å². The summed E-state index contributed by atoms with van der Waals surface area (Å²) in [4.78, 5) is 26.1. The molecule has 2 N–H and O–H groups in total. The Bertz CT molecular complexity index is 637. The highest BCUT2D eigenvalue weighted by atomic mass is 16.5. The lowest BCUT2D eigenvalue weighted by atomic mass is 9.97. The number of ether oxygens (including phenoxy) is 1. The second-order valence-electron chi connectivity index (χ2n) is 6.46. The van der Waals surface area contributed by atoms with E-state index in [9.17, 15) is 9.59 Å². The summed E-state index contributed by atoms with van der Waals surface area (Å²) in [5, 5.41) is 2.03. The zero-order chi connectivity index (χ0) is 16.9. The normalized spacial score (nSPS) is 21.1. The summed E-state index contributed by atoms with van der Waals surface area (Å²) in [6, 6.07) is 6.75. The van der Waals surface area contributed by atoms with Crippen molar-refractivity contribution in [3.63, 3.8) is 0 Å². The van der Waals surface area contributed by atoms with Crippen LogP contribution in [-0.2, 0) is 9.59 Å². The largest absolute Gasteiger partial charge is 0.497 e. The molecule has 128 valence electrons. The predicted octanol–water partition coefficient (Wildman–Crippen LogP) is 1.78. The van der Waals surface area contributed by atoms with Crippen LogP contribution in [0.25, 0.3) is 0 Å². The Morgan fingerprint density at radius 3 is 2.67 bits per heavy atom. The molecule has 3 rings (SSSR count). The number of hydrogen-bond donors (Lipinski definition) is 1. The first kappa shape index (κ1) is 16.7. The van der Waals surface area contributed by atoms with Gasteiger partial charge >= 0.3 is 0 Å². The Hall–Kier alpha value is -2.14. The fraction of sp³-hybridized carbons (Fsp3) is 0.474. The molecule has 1 aliphatic heterocycles. The summed E-state index contributed by atoms with van der Waals surface area (Å²) in [7, 11) is 1.59. The van der Waals surface area contributed by atoms with E-state index in [1.54, 1.807) is 31.4 Å². The molecular weight excluding hydrogens is 304 g/mol. The van der Waals surface area contributed by atoms with Crippen LogP contribution in [0.3, 0.4) is 0 Å². The summed E-state index contributed by atoms with van der Waals surface area (Å²) in [6.07, 6.45) is 8.56. The highest BCUT2D eigenvalue weighted by Crippen LogP contribution is 2.24. The van der Waals surface area contributed by atoms with Gasteiger partial charge in [-0.05, 0) is 49.9 Å². The molecule has 5 heteroatoms. The van der Waals surface area contributed by atoms with Crippen LogP contribution in [0.5, 0.6) is 5.75 Å². The number of anilines is 1. The van der Waals surface area contributed by atoms with E-state index in [0.717, 1.165) is 13.0 Å². The quantitative estimate of drug-likeness (QED) is 0.639. The summed E-state index contributed by atoms with van der Waals surface area (Å²) in [5.74, 6) is 0.479. The van der Waals surface area contributed by atoms with E-state index < -0.39 is 0 Å². The smallest absolute Gasteiger partial charge is 0.292 e. The number of methoxy groups -OCH3 is 1. The van der Waals surface area contributed by atoms with Gasteiger partial charge in [0.15, 0.2) is 6.04 Å². The monoisotopic (exact) mass is 329 g/mol. The minimum Gasteiger partial charge on any atom is -0.497 e. The van der Waals surface area contributed by atoms with Crippen LogP contribution in [0.2, 0.25) is 0 Å². The number of hydrogen-bond acceptors (Lipinski definition) is 3. The number of quaternary nitrogens is 1. The van der Waals surface area contributed by atoms with Gasteiger partial charge in [0.05, 0.1) is 25.8 Å². The summed E-state index contributed by atoms with van der Waals surface area (Å²) in [6.45, 7) is 0.867. The minimum atomic E-state index is -0.288. The van der Waals surface area contributed by atoms with Gasteiger partial charge in [0.1, 0.15) is 5.75 Å². The average molecular weight is 329 g/mol. The fourth-order valence-electron chi connectivity index (χ4n) is 3.44. The molecule has 0 spiro atoms. The number of amides is 2. The van der Waals surface area contributed by atoms with Crippen LogP contribution in [0.4, 0.5) is 5.69 Å². The molecule has 1 aliphatic carbocycles. The fourth-order valence-corrected chi connectivity index (χ4v) is 3.44. The molecule has 1 heterocycles. The minimum absolute atomic E-state index is 0.109. The van der Waals surface area contributed by atoms with Crippen molar-refractivity contribution in [3.05, 3.63) is 35.9 Å². The first-order chi connectivity index (χ1) is 11.7. The molecule has 5 nitrogen and oxygen atoms in total. The zero-order valence-electron chi connectivity index (χ0n) is 14.2. The molecule has 1 aromatic carbocycles. The van der Waals surface area contributed by atoms with Crippen molar-refractivity contribution in [2.75, 3.05) is 18.6 Å². The second-order valence-corrected chi connectivity index (χ2v) is 6.46. The maximum Gasteiger partial charge on any atom is 0.292 e. The lowest BCUT2D eigenvalue weighted by Gasteiger charge is -2.15. The Labute approximate surface area is 142 Å². The molecule has 1 fully saturated rings. The van der Waals surface area contributed by atoms with Crippen LogP contribution >= 0.6 is 0 Å². The van der Waals surface area contributed by atoms with Crippen LogP contribution < -0.4 is 15.0 Å². The van der Waals surface area contributed by atoms with Crippen molar-refractivity contribution >= 4 is 17.5 Å². The molecule has 24 heavy (non-hydrogen) atoms. The number of carbonyl (C=O) groups excluding carboxylic acids is 2. The maximum atomic E-state index is 12.6. The number of nitrogens with zero attached hydrogens (tertiary/aromatic N) is 1. The van der Waals surface area contributed by atoms with Gasteiger partial charge in [-0.15, -0.1) is 0 Å². The standard InChI is InChI=1S/C19H24N2O3/c1-24-16-9-7-15(8-10-16)21-18(22)13-17(19(21)23)20-12-11-14-5-3-2-4-6-14/h5,7-10,17,20H,2-4,6,11-13H2,1H3/p+1/t17-/m0/s1. The summed E-state index contributed by atoms with van der Waals surface area (Å²) < 4.78 is 5.12. The van der Waals surface area contributed by atoms with E-state index in [1.807, 2.05) is 5.32 Å². The number of carbonyl (C=O) groups is 2. The van der Waals surface area contributed by atoms with Crippen molar-refractivity contribution in [2.45, 2.75) is 44.6 Å². The highest BCUT2D eigenvalue weighted by molar-refractivity contribution is 6.21. The Morgan fingerprint density at radius 1 is 1.21 bits per heavy atom. The van der Waals surface area contributed by atoms with Crippen LogP contribution in [0.1, 0.15) is 38.5 Å². The SMILES string of the molecule is COc1ccc(N2C(=O)C[C@H]([NH2+]CCC3=CCCCC3)C2=O)cc1. The van der Waals surface area contributed by atoms with E-state index >= 15 is 0 Å². The molecule has 1 aromatic rings. The molecule has 0 unspecified atom stereocenters. The molecule has 1 atom stereocenters. The zero-order valence-corrected chi connectivity index (χ0v) is 14.2. The lowest BCUT2D eigenvalue weighted by molar-refractivity contribution is -0.674. The van der Waals surface area contributed by atoms with Gasteiger partial charge in [-0.3, -0.25) is 9.59 Å². The topological polar surface area (TPSA) is 63.2 Å². The average Bonchev–Trinajstić information content (AvgIpc) is 2.90. The van der Waals surface area contributed by atoms with Gasteiger partial charge in [-0.25, -0.2) is 4.90 Å². The molecule has 0 aromatic heterocycles. The first-order valence-electron chi connectivity index (χ1n) is 8.71. The molecule has 0 bridgehead atoms. The number of rotatable bonds is 6. The van der Waals surface area contributed by atoms with Gasteiger partial charge < -0.3 is 10.1 Å².